The largest absolute Gasteiger partial charge is 0.481 e. The van der Waals surface area contributed by atoms with Crippen molar-refractivity contribution in [3.05, 3.63) is 12.2 Å². The Morgan fingerprint density at radius 2 is 1.45 bits per heavy atom. The third-order valence-corrected chi connectivity index (χ3v) is 4.73. The van der Waals surface area contributed by atoms with Crippen molar-refractivity contribution >= 4 is 11.9 Å². The molecule has 2 saturated carbocycles. The Morgan fingerprint density at radius 3 is 1.90 bits per heavy atom. The van der Waals surface area contributed by atoms with Crippen molar-refractivity contribution in [1.82, 2.24) is 4.90 Å². The van der Waals surface area contributed by atoms with Crippen LogP contribution in [0.1, 0.15) is 38.5 Å². The van der Waals surface area contributed by atoms with Crippen LogP contribution in [0.3, 0.4) is 0 Å². The first-order valence-corrected chi connectivity index (χ1v) is 7.81. The molecule has 0 aromatic heterocycles. The fourth-order valence-corrected chi connectivity index (χ4v) is 3.07. The van der Waals surface area contributed by atoms with Gasteiger partial charge in [0.15, 0.2) is 0 Å². The lowest BCUT2D eigenvalue weighted by molar-refractivity contribution is -0.150. The summed E-state index contributed by atoms with van der Waals surface area (Å²) in [5, 5.41) is 9.32. The molecule has 0 bridgehead atoms. The highest BCUT2D eigenvalue weighted by molar-refractivity contribution is 5.85. The Labute approximate surface area is 119 Å². The van der Waals surface area contributed by atoms with Crippen molar-refractivity contribution in [3.63, 3.8) is 0 Å². The highest BCUT2D eigenvalue weighted by Gasteiger charge is 2.39. The molecule has 0 aromatic rings. The van der Waals surface area contributed by atoms with Crippen LogP contribution in [0.5, 0.6) is 0 Å². The number of carboxylic acid groups (broad SMARTS) is 1. The molecule has 3 aliphatic rings. The van der Waals surface area contributed by atoms with Gasteiger partial charge in [-0.05, 0) is 50.4 Å². The van der Waals surface area contributed by atoms with Gasteiger partial charge in [-0.3, -0.25) is 9.59 Å². The lowest BCUT2D eigenvalue weighted by Crippen LogP contribution is -2.43. The van der Waals surface area contributed by atoms with E-state index in [-0.39, 0.29) is 11.8 Å². The molecule has 110 valence electrons. The molecule has 0 aliphatic heterocycles. The van der Waals surface area contributed by atoms with Gasteiger partial charge in [0.25, 0.3) is 0 Å². The van der Waals surface area contributed by atoms with Crippen molar-refractivity contribution in [2.24, 2.45) is 23.7 Å². The van der Waals surface area contributed by atoms with Crippen LogP contribution >= 0.6 is 0 Å². The van der Waals surface area contributed by atoms with E-state index in [1.807, 2.05) is 17.1 Å². The molecule has 4 heteroatoms. The van der Waals surface area contributed by atoms with Gasteiger partial charge in [-0.2, -0.15) is 0 Å². The molecular formula is C16H23NO3. The second-order valence-electron chi connectivity index (χ2n) is 6.62. The summed E-state index contributed by atoms with van der Waals surface area (Å²) in [5.74, 6) is -0.297. The third-order valence-electron chi connectivity index (χ3n) is 4.73. The number of allylic oxidation sites excluding steroid dienone is 2. The number of rotatable bonds is 6. The van der Waals surface area contributed by atoms with E-state index in [0.29, 0.717) is 24.7 Å². The lowest BCUT2D eigenvalue weighted by Gasteiger charge is -2.31. The highest BCUT2D eigenvalue weighted by Crippen LogP contribution is 2.36. The van der Waals surface area contributed by atoms with Crippen LogP contribution in [0, 0.1) is 23.7 Å². The summed E-state index contributed by atoms with van der Waals surface area (Å²) >= 11 is 0. The maximum Gasteiger partial charge on any atom is 0.307 e. The van der Waals surface area contributed by atoms with E-state index >= 15 is 0 Å². The van der Waals surface area contributed by atoms with Crippen molar-refractivity contribution in [3.8, 4) is 0 Å². The van der Waals surface area contributed by atoms with E-state index in [2.05, 4.69) is 0 Å². The molecule has 1 N–H and O–H groups in total. The summed E-state index contributed by atoms with van der Waals surface area (Å²) in [7, 11) is 0. The van der Waals surface area contributed by atoms with E-state index in [9.17, 15) is 14.7 Å². The molecule has 2 atom stereocenters. The molecule has 0 radical (unpaired) electrons. The number of nitrogens with zero attached hydrogens (tertiary/aromatic N) is 1. The van der Waals surface area contributed by atoms with E-state index in [0.717, 1.165) is 13.1 Å². The SMILES string of the molecule is O=C(O)C1CC=CCC1C(=O)N(CC1CC1)CC1CC1. The summed E-state index contributed by atoms with van der Waals surface area (Å²) in [6.45, 7) is 1.70. The predicted octanol–water partition coefficient (Wildman–Crippen LogP) is 2.30. The van der Waals surface area contributed by atoms with Crippen LogP contribution in [0.15, 0.2) is 12.2 Å². The third kappa shape index (κ3) is 3.22. The van der Waals surface area contributed by atoms with Gasteiger partial charge in [-0.1, -0.05) is 12.2 Å². The number of hydrogen-bond donors (Lipinski definition) is 1. The molecule has 0 saturated heterocycles. The van der Waals surface area contributed by atoms with Gasteiger partial charge in [0.05, 0.1) is 11.8 Å². The minimum atomic E-state index is -0.828. The summed E-state index contributed by atoms with van der Waals surface area (Å²) in [6, 6.07) is 0. The van der Waals surface area contributed by atoms with E-state index < -0.39 is 11.9 Å². The van der Waals surface area contributed by atoms with Gasteiger partial charge in [0.2, 0.25) is 5.91 Å². The van der Waals surface area contributed by atoms with E-state index in [4.69, 9.17) is 0 Å². The number of hydrogen-bond acceptors (Lipinski definition) is 2. The molecule has 1 amide bonds. The van der Waals surface area contributed by atoms with Crippen LogP contribution in [0.2, 0.25) is 0 Å². The number of carbonyl (C=O) groups excluding carboxylic acids is 1. The standard InChI is InChI=1S/C16H23NO3/c18-15(13-3-1-2-4-14(13)16(19)20)17(9-11-5-6-11)10-12-7-8-12/h1-2,11-14H,3-10H2,(H,19,20). The maximum atomic E-state index is 12.8. The Morgan fingerprint density at radius 1 is 0.950 bits per heavy atom. The minimum Gasteiger partial charge on any atom is -0.481 e. The average Bonchev–Trinajstić information content (AvgIpc) is 3.32. The second kappa shape index (κ2) is 5.58. The topological polar surface area (TPSA) is 57.6 Å². The molecule has 3 aliphatic carbocycles. The van der Waals surface area contributed by atoms with Crippen LogP contribution in [-0.2, 0) is 9.59 Å². The number of amides is 1. The van der Waals surface area contributed by atoms with Gasteiger partial charge in [0, 0.05) is 13.1 Å². The zero-order valence-electron chi connectivity index (χ0n) is 11.8. The number of carbonyl (C=O) groups is 2. The summed E-state index contributed by atoms with van der Waals surface area (Å²) in [5.41, 5.74) is 0. The summed E-state index contributed by atoms with van der Waals surface area (Å²) in [4.78, 5) is 26.1. The molecular weight excluding hydrogens is 254 g/mol. The van der Waals surface area contributed by atoms with Crippen LogP contribution in [0.4, 0.5) is 0 Å². The Hall–Kier alpha value is -1.32. The maximum absolute atomic E-state index is 12.8. The first-order valence-electron chi connectivity index (χ1n) is 7.81. The van der Waals surface area contributed by atoms with Gasteiger partial charge in [-0.15, -0.1) is 0 Å². The van der Waals surface area contributed by atoms with Crippen LogP contribution in [0.25, 0.3) is 0 Å². The highest BCUT2D eigenvalue weighted by atomic mass is 16.4. The summed E-state index contributed by atoms with van der Waals surface area (Å²) in [6.07, 6.45) is 9.84. The fraction of sp³-hybridized carbons (Fsp3) is 0.750. The first-order chi connectivity index (χ1) is 9.65. The molecule has 2 fully saturated rings. The van der Waals surface area contributed by atoms with E-state index in [1.165, 1.54) is 25.7 Å². The molecule has 2 unspecified atom stereocenters. The predicted molar refractivity (Wildman–Crippen MR) is 75.0 cm³/mol. The average molecular weight is 277 g/mol. The monoisotopic (exact) mass is 277 g/mol. The van der Waals surface area contributed by atoms with Crippen molar-refractivity contribution in [1.29, 1.82) is 0 Å². The molecule has 0 heterocycles. The molecule has 4 nitrogen and oxygen atoms in total. The molecule has 0 aromatic carbocycles. The molecule has 20 heavy (non-hydrogen) atoms. The van der Waals surface area contributed by atoms with Crippen molar-refractivity contribution in [2.45, 2.75) is 38.5 Å². The van der Waals surface area contributed by atoms with Gasteiger partial charge >= 0.3 is 5.97 Å². The lowest BCUT2D eigenvalue weighted by atomic mass is 9.82. The quantitative estimate of drug-likeness (QED) is 0.758. The first kappa shape index (κ1) is 13.7. The number of carboxylic acids is 1. The smallest absolute Gasteiger partial charge is 0.307 e. The zero-order chi connectivity index (χ0) is 14.1. The Balaban J connectivity index is 1.68. The molecule has 0 spiro atoms. The zero-order valence-corrected chi connectivity index (χ0v) is 11.8. The fourth-order valence-electron chi connectivity index (χ4n) is 3.07. The Kier molecular flexibility index (Phi) is 3.81. The normalized spacial score (nSPS) is 29.2. The minimum absolute atomic E-state index is 0.0838. The van der Waals surface area contributed by atoms with Gasteiger partial charge in [0.1, 0.15) is 0 Å². The second-order valence-corrected chi connectivity index (χ2v) is 6.62. The van der Waals surface area contributed by atoms with E-state index in [1.54, 1.807) is 0 Å². The van der Waals surface area contributed by atoms with Crippen LogP contribution in [-0.4, -0.2) is 35.0 Å². The van der Waals surface area contributed by atoms with Gasteiger partial charge < -0.3 is 10.0 Å². The Bertz CT molecular complexity index is 409. The molecule has 3 rings (SSSR count). The number of aliphatic carboxylic acids is 1. The van der Waals surface area contributed by atoms with Crippen LogP contribution < -0.4 is 0 Å². The summed E-state index contributed by atoms with van der Waals surface area (Å²) < 4.78 is 0. The van der Waals surface area contributed by atoms with Gasteiger partial charge in [-0.25, -0.2) is 0 Å². The van der Waals surface area contributed by atoms with Crippen molar-refractivity contribution < 1.29 is 14.7 Å². The van der Waals surface area contributed by atoms with Crippen molar-refractivity contribution in [2.75, 3.05) is 13.1 Å².